The molecule has 1 amide bonds. The summed E-state index contributed by atoms with van der Waals surface area (Å²) in [6.07, 6.45) is 0.615. The van der Waals surface area contributed by atoms with Crippen LogP contribution in [0.5, 0.6) is 5.75 Å². The number of methoxy groups -OCH3 is 1. The summed E-state index contributed by atoms with van der Waals surface area (Å²) in [5.41, 5.74) is 1.50. The minimum atomic E-state index is -0.396. The van der Waals surface area contributed by atoms with Crippen molar-refractivity contribution in [2.24, 2.45) is 0 Å². The fourth-order valence-electron chi connectivity index (χ4n) is 2.81. The molecule has 0 saturated heterocycles. The average molecular weight is 346 g/mol. The Morgan fingerprint density at radius 2 is 2.12 bits per heavy atom. The molecule has 0 fully saturated rings. The van der Waals surface area contributed by atoms with Crippen molar-refractivity contribution in [3.8, 4) is 5.75 Å². The second-order valence-electron chi connectivity index (χ2n) is 6.12. The van der Waals surface area contributed by atoms with Gasteiger partial charge in [-0.2, -0.15) is 0 Å². The fourth-order valence-corrected chi connectivity index (χ4v) is 2.81. The zero-order valence-corrected chi connectivity index (χ0v) is 15.3. The van der Waals surface area contributed by atoms with Gasteiger partial charge in [0.15, 0.2) is 0 Å². The molecular formula is C19H26N2O4. The molecule has 0 aliphatic heterocycles. The van der Waals surface area contributed by atoms with Gasteiger partial charge >= 0.3 is 5.63 Å². The molecule has 1 atom stereocenters. The Morgan fingerprint density at radius 3 is 2.80 bits per heavy atom. The molecule has 0 unspecified atom stereocenters. The van der Waals surface area contributed by atoms with Crippen LogP contribution in [0, 0.1) is 6.92 Å². The Balaban J connectivity index is 2.08. The van der Waals surface area contributed by atoms with Crippen LogP contribution in [0.3, 0.4) is 0 Å². The SMILES string of the molecule is CCN[C@H](C)CNC(=O)CCc1c(C)c2ccc(OC)cc2oc1=O. The average Bonchev–Trinajstić information content (AvgIpc) is 2.59. The molecule has 0 spiro atoms. The summed E-state index contributed by atoms with van der Waals surface area (Å²) >= 11 is 0. The van der Waals surface area contributed by atoms with E-state index in [1.54, 1.807) is 13.2 Å². The predicted molar refractivity (Wildman–Crippen MR) is 98.2 cm³/mol. The first-order valence-corrected chi connectivity index (χ1v) is 8.56. The maximum absolute atomic E-state index is 12.3. The highest BCUT2D eigenvalue weighted by atomic mass is 16.5. The van der Waals surface area contributed by atoms with Gasteiger partial charge in [-0.05, 0) is 44.5 Å². The first kappa shape index (κ1) is 19.0. The van der Waals surface area contributed by atoms with Crippen molar-refractivity contribution in [2.75, 3.05) is 20.2 Å². The van der Waals surface area contributed by atoms with Crippen LogP contribution in [0.1, 0.15) is 31.4 Å². The molecule has 0 radical (unpaired) electrons. The van der Waals surface area contributed by atoms with E-state index in [-0.39, 0.29) is 18.4 Å². The van der Waals surface area contributed by atoms with Gasteiger partial charge < -0.3 is 19.8 Å². The van der Waals surface area contributed by atoms with Crippen molar-refractivity contribution >= 4 is 16.9 Å². The van der Waals surface area contributed by atoms with Gasteiger partial charge in [0.25, 0.3) is 0 Å². The molecule has 6 heteroatoms. The standard InChI is InChI=1S/C19H26N2O4/c1-5-20-12(2)11-21-18(22)9-8-16-13(3)15-7-6-14(24-4)10-17(15)25-19(16)23/h6-7,10,12,20H,5,8-9,11H2,1-4H3,(H,21,22)/t12-/m1/s1. The highest BCUT2D eigenvalue weighted by Gasteiger charge is 2.14. The van der Waals surface area contributed by atoms with Crippen molar-refractivity contribution in [1.29, 1.82) is 0 Å². The molecule has 6 nitrogen and oxygen atoms in total. The number of nitrogens with one attached hydrogen (secondary N) is 2. The van der Waals surface area contributed by atoms with Gasteiger partial charge in [0, 0.05) is 36.0 Å². The van der Waals surface area contributed by atoms with Crippen LogP contribution in [0.15, 0.2) is 27.4 Å². The number of rotatable bonds is 8. The van der Waals surface area contributed by atoms with E-state index in [1.165, 1.54) is 0 Å². The Hall–Kier alpha value is -2.34. The molecule has 0 saturated carbocycles. The third-order valence-corrected chi connectivity index (χ3v) is 4.25. The number of hydrogen-bond acceptors (Lipinski definition) is 5. The van der Waals surface area contributed by atoms with Gasteiger partial charge in [0.1, 0.15) is 11.3 Å². The zero-order valence-electron chi connectivity index (χ0n) is 15.3. The van der Waals surface area contributed by atoms with Gasteiger partial charge in [0.05, 0.1) is 7.11 Å². The summed E-state index contributed by atoms with van der Waals surface area (Å²) < 4.78 is 10.6. The quantitative estimate of drug-likeness (QED) is 0.716. The van der Waals surface area contributed by atoms with Crippen molar-refractivity contribution in [2.45, 2.75) is 39.7 Å². The van der Waals surface area contributed by atoms with Crippen LogP contribution < -0.4 is 21.0 Å². The predicted octanol–water partition coefficient (Wildman–Crippen LogP) is 2.16. The summed E-state index contributed by atoms with van der Waals surface area (Å²) in [6.45, 7) is 7.35. The minimum Gasteiger partial charge on any atom is -0.497 e. The summed E-state index contributed by atoms with van der Waals surface area (Å²) in [6, 6.07) is 5.61. The lowest BCUT2D eigenvalue weighted by Gasteiger charge is -2.13. The van der Waals surface area contributed by atoms with E-state index < -0.39 is 5.63 Å². The smallest absolute Gasteiger partial charge is 0.339 e. The van der Waals surface area contributed by atoms with Crippen molar-refractivity contribution in [3.05, 3.63) is 39.7 Å². The normalized spacial score (nSPS) is 12.2. The third-order valence-electron chi connectivity index (χ3n) is 4.25. The second-order valence-corrected chi connectivity index (χ2v) is 6.12. The molecule has 0 aliphatic carbocycles. The van der Waals surface area contributed by atoms with Gasteiger partial charge in [-0.1, -0.05) is 6.92 Å². The lowest BCUT2D eigenvalue weighted by Crippen LogP contribution is -2.38. The lowest BCUT2D eigenvalue weighted by molar-refractivity contribution is -0.121. The van der Waals surface area contributed by atoms with Crippen LogP contribution in [-0.4, -0.2) is 32.1 Å². The Kier molecular flexibility index (Phi) is 6.58. The Morgan fingerprint density at radius 1 is 1.36 bits per heavy atom. The fraction of sp³-hybridized carbons (Fsp3) is 0.474. The number of amides is 1. The van der Waals surface area contributed by atoms with E-state index in [1.807, 2.05) is 32.9 Å². The van der Waals surface area contributed by atoms with E-state index in [9.17, 15) is 9.59 Å². The Bertz CT molecular complexity index is 798. The summed E-state index contributed by atoms with van der Waals surface area (Å²) in [4.78, 5) is 24.3. The Labute approximate surface area is 147 Å². The topological polar surface area (TPSA) is 80.6 Å². The van der Waals surface area contributed by atoms with E-state index in [2.05, 4.69) is 10.6 Å². The molecule has 2 N–H and O–H groups in total. The molecule has 1 aromatic carbocycles. The molecule has 25 heavy (non-hydrogen) atoms. The van der Waals surface area contributed by atoms with Gasteiger partial charge in [0.2, 0.25) is 5.91 Å². The van der Waals surface area contributed by atoms with Gasteiger partial charge in [-0.3, -0.25) is 4.79 Å². The maximum atomic E-state index is 12.3. The number of fused-ring (bicyclic) bond motifs is 1. The first-order valence-electron chi connectivity index (χ1n) is 8.56. The monoisotopic (exact) mass is 346 g/mol. The highest BCUT2D eigenvalue weighted by molar-refractivity contribution is 5.82. The van der Waals surface area contributed by atoms with E-state index in [0.29, 0.717) is 29.9 Å². The van der Waals surface area contributed by atoms with Crippen molar-refractivity contribution < 1.29 is 13.9 Å². The minimum absolute atomic E-state index is 0.0709. The summed E-state index contributed by atoms with van der Waals surface area (Å²) in [7, 11) is 1.57. The number of ether oxygens (including phenoxy) is 1. The molecule has 0 bridgehead atoms. The van der Waals surface area contributed by atoms with Crippen molar-refractivity contribution in [1.82, 2.24) is 10.6 Å². The molecule has 1 heterocycles. The molecule has 2 rings (SSSR count). The second kappa shape index (κ2) is 8.67. The van der Waals surface area contributed by atoms with Gasteiger partial charge in [-0.15, -0.1) is 0 Å². The third kappa shape index (κ3) is 4.82. The van der Waals surface area contributed by atoms with E-state index >= 15 is 0 Å². The van der Waals surface area contributed by atoms with E-state index in [0.717, 1.165) is 17.5 Å². The highest BCUT2D eigenvalue weighted by Crippen LogP contribution is 2.24. The number of carbonyl (C=O) groups is 1. The molecular weight excluding hydrogens is 320 g/mol. The first-order chi connectivity index (χ1) is 12.0. The maximum Gasteiger partial charge on any atom is 0.339 e. The zero-order chi connectivity index (χ0) is 18.4. The number of carbonyl (C=O) groups excluding carboxylic acids is 1. The number of likely N-dealkylation sites (N-methyl/N-ethyl adjacent to an activating group) is 1. The lowest BCUT2D eigenvalue weighted by atomic mass is 10.0. The van der Waals surface area contributed by atoms with E-state index in [4.69, 9.17) is 9.15 Å². The molecule has 0 aliphatic rings. The summed E-state index contributed by atoms with van der Waals surface area (Å²) in [5.74, 6) is 0.565. The van der Waals surface area contributed by atoms with Crippen LogP contribution in [-0.2, 0) is 11.2 Å². The number of benzene rings is 1. The summed E-state index contributed by atoms with van der Waals surface area (Å²) in [5, 5.41) is 6.97. The largest absolute Gasteiger partial charge is 0.497 e. The van der Waals surface area contributed by atoms with Crippen LogP contribution in [0.4, 0.5) is 0 Å². The van der Waals surface area contributed by atoms with Crippen LogP contribution in [0.25, 0.3) is 11.0 Å². The number of aryl methyl sites for hydroxylation is 1. The number of hydrogen-bond donors (Lipinski definition) is 2. The molecule has 2 aromatic rings. The molecule has 1 aromatic heterocycles. The van der Waals surface area contributed by atoms with Crippen LogP contribution >= 0.6 is 0 Å². The van der Waals surface area contributed by atoms with Gasteiger partial charge in [-0.25, -0.2) is 4.79 Å². The van der Waals surface area contributed by atoms with Crippen LogP contribution in [0.2, 0.25) is 0 Å². The van der Waals surface area contributed by atoms with Crippen molar-refractivity contribution in [3.63, 3.8) is 0 Å². The molecule has 136 valence electrons.